The average Bonchev–Trinajstić information content (AvgIpc) is 3.06. The largest absolute Gasteiger partial charge is 0.493 e. The van der Waals surface area contributed by atoms with Gasteiger partial charge in [0.2, 0.25) is 5.91 Å². The van der Waals surface area contributed by atoms with Crippen LogP contribution < -0.4 is 15.4 Å². The number of carbonyl (C=O) groups excluding carboxylic acids is 1. The lowest BCUT2D eigenvalue weighted by Crippen LogP contribution is -2.20. The molecule has 0 radical (unpaired) electrons. The molecule has 0 atom stereocenters. The minimum Gasteiger partial charge on any atom is -0.493 e. The lowest BCUT2D eigenvalue weighted by Gasteiger charge is -2.08. The van der Waals surface area contributed by atoms with E-state index in [2.05, 4.69) is 20.6 Å². The van der Waals surface area contributed by atoms with E-state index in [1.165, 1.54) is 0 Å². The molecule has 2 aromatic heterocycles. The SMILES string of the molecule is CNC(=O)CCOc1ccc(Nc2ncnc3ccsc23)cc1. The summed E-state index contributed by atoms with van der Waals surface area (Å²) in [5.41, 5.74) is 1.85. The first-order chi connectivity index (χ1) is 11.3. The second-order valence-corrected chi connectivity index (χ2v) is 5.69. The molecule has 0 bridgehead atoms. The van der Waals surface area contributed by atoms with E-state index in [1.54, 1.807) is 24.7 Å². The second-order valence-electron chi connectivity index (χ2n) is 4.78. The molecular formula is C16H16N4O2S. The van der Waals surface area contributed by atoms with Crippen LogP contribution in [-0.2, 0) is 4.79 Å². The maximum atomic E-state index is 11.1. The minimum absolute atomic E-state index is 0.0352. The summed E-state index contributed by atoms with van der Waals surface area (Å²) in [6, 6.07) is 9.52. The Balaban J connectivity index is 1.63. The third-order valence-corrected chi connectivity index (χ3v) is 4.15. The Bertz CT molecular complexity index is 801. The summed E-state index contributed by atoms with van der Waals surface area (Å²) in [7, 11) is 1.61. The van der Waals surface area contributed by atoms with Crippen LogP contribution in [0, 0.1) is 0 Å². The fourth-order valence-corrected chi connectivity index (χ4v) is 2.83. The van der Waals surface area contributed by atoms with E-state index in [0.717, 1.165) is 27.5 Å². The lowest BCUT2D eigenvalue weighted by atomic mass is 10.3. The van der Waals surface area contributed by atoms with E-state index in [1.807, 2.05) is 35.7 Å². The molecule has 1 aromatic carbocycles. The monoisotopic (exact) mass is 328 g/mol. The van der Waals surface area contributed by atoms with Gasteiger partial charge in [0.15, 0.2) is 5.82 Å². The summed E-state index contributed by atoms with van der Waals surface area (Å²) in [6.07, 6.45) is 1.89. The highest BCUT2D eigenvalue weighted by molar-refractivity contribution is 7.17. The summed E-state index contributed by atoms with van der Waals surface area (Å²) in [5, 5.41) is 7.84. The highest BCUT2D eigenvalue weighted by Gasteiger charge is 2.05. The zero-order valence-electron chi connectivity index (χ0n) is 12.6. The maximum absolute atomic E-state index is 11.1. The van der Waals surface area contributed by atoms with Crippen LogP contribution in [0.25, 0.3) is 10.2 Å². The Morgan fingerprint density at radius 3 is 2.83 bits per heavy atom. The Labute approximate surface area is 137 Å². The summed E-state index contributed by atoms with van der Waals surface area (Å²) in [6.45, 7) is 0.355. The van der Waals surface area contributed by atoms with Gasteiger partial charge in [0.05, 0.1) is 23.2 Å². The number of nitrogens with zero attached hydrogens (tertiary/aromatic N) is 2. The smallest absolute Gasteiger partial charge is 0.223 e. The number of hydrogen-bond acceptors (Lipinski definition) is 6. The first-order valence-corrected chi connectivity index (χ1v) is 8.03. The predicted molar refractivity (Wildman–Crippen MR) is 91.3 cm³/mol. The van der Waals surface area contributed by atoms with E-state index < -0.39 is 0 Å². The Hall–Kier alpha value is -2.67. The van der Waals surface area contributed by atoms with Crippen molar-refractivity contribution in [2.75, 3.05) is 19.0 Å². The molecule has 0 fully saturated rings. The van der Waals surface area contributed by atoms with Crippen molar-refractivity contribution in [3.05, 3.63) is 42.0 Å². The number of rotatable bonds is 6. The van der Waals surface area contributed by atoms with Crippen LogP contribution in [0.3, 0.4) is 0 Å². The van der Waals surface area contributed by atoms with Crippen LogP contribution in [-0.4, -0.2) is 29.5 Å². The van der Waals surface area contributed by atoms with E-state index >= 15 is 0 Å². The Morgan fingerprint density at radius 2 is 2.04 bits per heavy atom. The molecule has 6 nitrogen and oxygen atoms in total. The van der Waals surface area contributed by atoms with Crippen molar-refractivity contribution in [1.82, 2.24) is 15.3 Å². The van der Waals surface area contributed by atoms with Crippen molar-refractivity contribution < 1.29 is 9.53 Å². The Kier molecular flexibility index (Phi) is 4.68. The normalized spacial score (nSPS) is 10.5. The van der Waals surface area contributed by atoms with Crippen molar-refractivity contribution in [2.45, 2.75) is 6.42 Å². The first-order valence-electron chi connectivity index (χ1n) is 7.15. The number of aromatic nitrogens is 2. The number of amides is 1. The van der Waals surface area contributed by atoms with Gasteiger partial charge in [-0.2, -0.15) is 0 Å². The molecule has 23 heavy (non-hydrogen) atoms. The molecular weight excluding hydrogens is 312 g/mol. The van der Waals surface area contributed by atoms with Gasteiger partial charge in [-0.05, 0) is 35.7 Å². The predicted octanol–water partition coefficient (Wildman–Crippen LogP) is 2.95. The molecule has 0 aliphatic heterocycles. The fourth-order valence-electron chi connectivity index (χ4n) is 2.04. The molecule has 0 saturated carbocycles. The number of hydrogen-bond donors (Lipinski definition) is 2. The number of nitrogens with one attached hydrogen (secondary N) is 2. The van der Waals surface area contributed by atoms with Gasteiger partial charge in [0, 0.05) is 12.7 Å². The average molecular weight is 328 g/mol. The van der Waals surface area contributed by atoms with Crippen LogP contribution in [0.5, 0.6) is 5.75 Å². The van der Waals surface area contributed by atoms with Crippen molar-refractivity contribution in [3.63, 3.8) is 0 Å². The number of fused-ring (bicyclic) bond motifs is 1. The molecule has 118 valence electrons. The number of ether oxygens (including phenoxy) is 1. The quantitative estimate of drug-likeness (QED) is 0.727. The van der Waals surface area contributed by atoms with E-state index in [4.69, 9.17) is 4.74 Å². The van der Waals surface area contributed by atoms with Crippen LogP contribution >= 0.6 is 11.3 Å². The fraction of sp³-hybridized carbons (Fsp3) is 0.188. The molecule has 2 heterocycles. The zero-order chi connectivity index (χ0) is 16.1. The third-order valence-electron chi connectivity index (χ3n) is 3.24. The lowest BCUT2D eigenvalue weighted by molar-refractivity contribution is -0.121. The molecule has 0 aliphatic carbocycles. The minimum atomic E-state index is -0.0352. The molecule has 3 rings (SSSR count). The van der Waals surface area contributed by atoms with Crippen LogP contribution in [0.15, 0.2) is 42.0 Å². The number of benzene rings is 1. The summed E-state index contributed by atoms with van der Waals surface area (Å²) >= 11 is 1.60. The van der Waals surface area contributed by atoms with Gasteiger partial charge in [-0.1, -0.05) is 0 Å². The van der Waals surface area contributed by atoms with Crippen LogP contribution in [0.1, 0.15) is 6.42 Å². The summed E-state index contributed by atoms with van der Waals surface area (Å²) in [5.74, 6) is 1.48. The number of carbonyl (C=O) groups is 1. The van der Waals surface area contributed by atoms with Gasteiger partial charge in [0.1, 0.15) is 12.1 Å². The molecule has 0 aliphatic rings. The van der Waals surface area contributed by atoms with Gasteiger partial charge in [-0.3, -0.25) is 4.79 Å². The molecule has 0 unspecified atom stereocenters. The molecule has 2 N–H and O–H groups in total. The standard InChI is InChI=1S/C16H16N4O2S/c1-17-14(21)6-8-22-12-4-2-11(3-5-12)20-16-15-13(7-9-23-15)18-10-19-16/h2-5,7,9-10H,6,8H2,1H3,(H,17,21)(H,18,19,20). The van der Waals surface area contributed by atoms with E-state index in [9.17, 15) is 4.79 Å². The van der Waals surface area contributed by atoms with Crippen LogP contribution in [0.2, 0.25) is 0 Å². The van der Waals surface area contributed by atoms with Crippen molar-refractivity contribution in [1.29, 1.82) is 0 Å². The van der Waals surface area contributed by atoms with Crippen LogP contribution in [0.4, 0.5) is 11.5 Å². The van der Waals surface area contributed by atoms with E-state index in [-0.39, 0.29) is 5.91 Å². The highest BCUT2D eigenvalue weighted by atomic mass is 32.1. The molecule has 0 spiro atoms. The first kappa shape index (κ1) is 15.2. The topological polar surface area (TPSA) is 76.1 Å². The van der Waals surface area contributed by atoms with E-state index in [0.29, 0.717) is 13.0 Å². The zero-order valence-corrected chi connectivity index (χ0v) is 13.4. The maximum Gasteiger partial charge on any atom is 0.223 e. The van der Waals surface area contributed by atoms with Crippen molar-refractivity contribution in [2.24, 2.45) is 0 Å². The van der Waals surface area contributed by atoms with Crippen molar-refractivity contribution in [3.8, 4) is 5.75 Å². The highest BCUT2D eigenvalue weighted by Crippen LogP contribution is 2.28. The summed E-state index contributed by atoms with van der Waals surface area (Å²) in [4.78, 5) is 19.6. The van der Waals surface area contributed by atoms with Gasteiger partial charge >= 0.3 is 0 Å². The van der Waals surface area contributed by atoms with Gasteiger partial charge in [-0.25, -0.2) is 9.97 Å². The van der Waals surface area contributed by atoms with Gasteiger partial charge in [0.25, 0.3) is 0 Å². The second kappa shape index (κ2) is 7.06. The third kappa shape index (κ3) is 3.75. The number of thiophene rings is 1. The van der Waals surface area contributed by atoms with Gasteiger partial charge in [-0.15, -0.1) is 11.3 Å². The van der Waals surface area contributed by atoms with Crippen molar-refractivity contribution >= 4 is 39.0 Å². The molecule has 1 amide bonds. The molecule has 3 aromatic rings. The van der Waals surface area contributed by atoms with Gasteiger partial charge < -0.3 is 15.4 Å². The Morgan fingerprint density at radius 1 is 1.22 bits per heavy atom. The molecule has 0 saturated heterocycles. The molecule has 7 heteroatoms. The summed E-state index contributed by atoms with van der Waals surface area (Å²) < 4.78 is 6.56. The number of anilines is 2.